The van der Waals surface area contributed by atoms with Crippen LogP contribution in [0.3, 0.4) is 0 Å². The highest BCUT2D eigenvalue weighted by Gasteiger charge is 2.20. The van der Waals surface area contributed by atoms with E-state index in [1.165, 1.54) is 43.9 Å². The third kappa shape index (κ3) is 5.18. The van der Waals surface area contributed by atoms with Crippen molar-refractivity contribution in [2.24, 2.45) is 11.7 Å². The molecule has 15 heavy (non-hydrogen) atoms. The molecule has 0 aliphatic carbocycles. The standard InChI is InChI=1S/C11H22N2S2/c1-2-15-8-4-7-13-6-3-5-10(9-13)11(12)14/h10H,2-9H2,1H3,(H2,12,14). The minimum Gasteiger partial charge on any atom is -0.393 e. The first-order valence-corrected chi connectivity index (χ1v) is 7.39. The third-order valence-electron chi connectivity index (χ3n) is 2.88. The van der Waals surface area contributed by atoms with Gasteiger partial charge in [-0.2, -0.15) is 11.8 Å². The highest BCUT2D eigenvalue weighted by Crippen LogP contribution is 2.17. The van der Waals surface area contributed by atoms with Gasteiger partial charge in [0.25, 0.3) is 0 Å². The SMILES string of the molecule is CCSCCCN1CCCC(C(N)=S)C1. The molecule has 1 unspecified atom stereocenters. The van der Waals surface area contributed by atoms with Gasteiger partial charge in [-0.3, -0.25) is 0 Å². The number of hydrogen-bond donors (Lipinski definition) is 1. The Morgan fingerprint density at radius 2 is 2.40 bits per heavy atom. The van der Waals surface area contributed by atoms with Gasteiger partial charge < -0.3 is 10.6 Å². The van der Waals surface area contributed by atoms with Crippen LogP contribution in [0.5, 0.6) is 0 Å². The largest absolute Gasteiger partial charge is 0.393 e. The van der Waals surface area contributed by atoms with Crippen molar-refractivity contribution >= 4 is 29.0 Å². The molecule has 0 spiro atoms. The molecule has 1 saturated heterocycles. The van der Waals surface area contributed by atoms with Crippen LogP contribution < -0.4 is 5.73 Å². The van der Waals surface area contributed by atoms with E-state index < -0.39 is 0 Å². The van der Waals surface area contributed by atoms with E-state index in [2.05, 4.69) is 11.8 Å². The normalized spacial score (nSPS) is 22.9. The summed E-state index contributed by atoms with van der Waals surface area (Å²) in [4.78, 5) is 3.23. The lowest BCUT2D eigenvalue weighted by atomic mass is 9.98. The smallest absolute Gasteiger partial charge is 0.0771 e. The fourth-order valence-corrected chi connectivity index (χ4v) is 2.84. The van der Waals surface area contributed by atoms with Crippen LogP contribution in [-0.4, -0.2) is 41.0 Å². The van der Waals surface area contributed by atoms with Crippen LogP contribution in [0.15, 0.2) is 0 Å². The fraction of sp³-hybridized carbons (Fsp3) is 0.909. The van der Waals surface area contributed by atoms with Gasteiger partial charge in [-0.15, -0.1) is 0 Å². The van der Waals surface area contributed by atoms with Crippen LogP contribution >= 0.6 is 24.0 Å². The molecular weight excluding hydrogens is 224 g/mol. The zero-order valence-corrected chi connectivity index (χ0v) is 11.2. The quantitative estimate of drug-likeness (QED) is 0.574. The number of rotatable bonds is 6. The maximum absolute atomic E-state index is 5.71. The third-order valence-corrected chi connectivity index (χ3v) is 4.19. The number of piperidine rings is 1. The van der Waals surface area contributed by atoms with Crippen LogP contribution in [0.2, 0.25) is 0 Å². The van der Waals surface area contributed by atoms with Crippen LogP contribution in [0.25, 0.3) is 0 Å². The Bertz CT molecular complexity index is 197. The molecule has 1 heterocycles. The van der Waals surface area contributed by atoms with E-state index in [0.29, 0.717) is 10.9 Å². The summed E-state index contributed by atoms with van der Waals surface area (Å²) < 4.78 is 0. The van der Waals surface area contributed by atoms with Crippen LogP contribution in [0, 0.1) is 5.92 Å². The lowest BCUT2D eigenvalue weighted by molar-refractivity contribution is 0.206. The molecule has 1 aliphatic heterocycles. The molecule has 1 atom stereocenters. The van der Waals surface area contributed by atoms with Gasteiger partial charge in [0.05, 0.1) is 4.99 Å². The zero-order valence-electron chi connectivity index (χ0n) is 9.58. The van der Waals surface area contributed by atoms with Crippen LogP contribution in [-0.2, 0) is 0 Å². The van der Waals surface area contributed by atoms with Gasteiger partial charge in [-0.1, -0.05) is 19.1 Å². The number of nitrogens with zero attached hydrogens (tertiary/aromatic N) is 1. The molecule has 0 aromatic carbocycles. The molecule has 0 bridgehead atoms. The van der Waals surface area contributed by atoms with Crippen molar-refractivity contribution in [1.29, 1.82) is 0 Å². The first-order valence-electron chi connectivity index (χ1n) is 5.83. The number of thiocarbonyl (C=S) groups is 1. The Balaban J connectivity index is 2.15. The molecule has 1 fully saturated rings. The lowest BCUT2D eigenvalue weighted by Gasteiger charge is -2.32. The van der Waals surface area contributed by atoms with Gasteiger partial charge in [0.15, 0.2) is 0 Å². The van der Waals surface area contributed by atoms with Crippen molar-refractivity contribution in [3.8, 4) is 0 Å². The summed E-state index contributed by atoms with van der Waals surface area (Å²) in [6.45, 7) is 5.75. The van der Waals surface area contributed by atoms with Crippen molar-refractivity contribution in [3.05, 3.63) is 0 Å². The summed E-state index contributed by atoms with van der Waals surface area (Å²) in [6.07, 6.45) is 3.74. The van der Waals surface area contributed by atoms with Gasteiger partial charge in [0.1, 0.15) is 0 Å². The highest BCUT2D eigenvalue weighted by atomic mass is 32.2. The van der Waals surface area contributed by atoms with Gasteiger partial charge in [0.2, 0.25) is 0 Å². The molecule has 0 radical (unpaired) electrons. The summed E-state index contributed by atoms with van der Waals surface area (Å²) >= 11 is 7.10. The first-order chi connectivity index (χ1) is 7.24. The zero-order chi connectivity index (χ0) is 11.1. The van der Waals surface area contributed by atoms with Crippen LogP contribution in [0.1, 0.15) is 26.2 Å². The highest BCUT2D eigenvalue weighted by molar-refractivity contribution is 7.99. The molecule has 88 valence electrons. The Morgan fingerprint density at radius 3 is 3.07 bits per heavy atom. The van der Waals surface area contributed by atoms with Gasteiger partial charge >= 0.3 is 0 Å². The first kappa shape index (κ1) is 13.3. The molecule has 1 aliphatic rings. The second-order valence-electron chi connectivity index (χ2n) is 4.09. The van der Waals surface area contributed by atoms with E-state index in [1.54, 1.807) is 0 Å². The number of likely N-dealkylation sites (tertiary alicyclic amines) is 1. The molecule has 2 nitrogen and oxygen atoms in total. The van der Waals surface area contributed by atoms with E-state index in [9.17, 15) is 0 Å². The predicted octanol–water partition coefficient (Wildman–Crippen LogP) is 2.13. The summed E-state index contributed by atoms with van der Waals surface area (Å²) in [7, 11) is 0. The maximum Gasteiger partial charge on any atom is 0.0771 e. The Hall–Kier alpha value is 0.200. The van der Waals surface area contributed by atoms with Crippen molar-refractivity contribution in [3.63, 3.8) is 0 Å². The Labute approximate surface area is 103 Å². The molecule has 1 rings (SSSR count). The van der Waals surface area contributed by atoms with Crippen molar-refractivity contribution in [1.82, 2.24) is 4.90 Å². The monoisotopic (exact) mass is 246 g/mol. The molecular formula is C11H22N2S2. The molecule has 0 saturated carbocycles. The summed E-state index contributed by atoms with van der Waals surface area (Å²) in [5, 5.41) is 0. The number of nitrogens with two attached hydrogens (primary N) is 1. The van der Waals surface area contributed by atoms with E-state index in [0.717, 1.165) is 6.54 Å². The van der Waals surface area contributed by atoms with E-state index >= 15 is 0 Å². The average Bonchev–Trinajstić information content (AvgIpc) is 2.25. The minimum atomic E-state index is 0.465. The van der Waals surface area contributed by atoms with E-state index in [1.807, 2.05) is 11.8 Å². The van der Waals surface area contributed by atoms with Gasteiger partial charge in [-0.05, 0) is 43.9 Å². The van der Waals surface area contributed by atoms with Gasteiger partial charge in [-0.25, -0.2) is 0 Å². The fourth-order valence-electron chi connectivity index (χ4n) is 2.03. The number of thioether (sulfide) groups is 1. The summed E-state index contributed by atoms with van der Waals surface area (Å²) in [6, 6.07) is 0. The molecule has 0 amide bonds. The molecule has 4 heteroatoms. The van der Waals surface area contributed by atoms with Crippen molar-refractivity contribution in [2.45, 2.75) is 26.2 Å². The summed E-state index contributed by atoms with van der Waals surface area (Å²) in [5.74, 6) is 2.98. The Morgan fingerprint density at radius 1 is 1.60 bits per heavy atom. The summed E-state index contributed by atoms with van der Waals surface area (Å²) in [5.41, 5.74) is 5.71. The van der Waals surface area contributed by atoms with Gasteiger partial charge in [0, 0.05) is 12.5 Å². The number of hydrogen-bond acceptors (Lipinski definition) is 3. The van der Waals surface area contributed by atoms with Crippen LogP contribution in [0.4, 0.5) is 0 Å². The van der Waals surface area contributed by atoms with Crippen molar-refractivity contribution < 1.29 is 0 Å². The maximum atomic E-state index is 5.71. The lowest BCUT2D eigenvalue weighted by Crippen LogP contribution is -2.40. The molecule has 0 aromatic rings. The molecule has 2 N–H and O–H groups in total. The Kier molecular flexibility index (Phi) is 6.61. The molecule has 0 aromatic heterocycles. The van der Waals surface area contributed by atoms with E-state index in [4.69, 9.17) is 18.0 Å². The topological polar surface area (TPSA) is 29.3 Å². The second kappa shape index (κ2) is 7.47. The predicted molar refractivity (Wildman–Crippen MR) is 73.6 cm³/mol. The van der Waals surface area contributed by atoms with Crippen molar-refractivity contribution in [2.75, 3.05) is 31.1 Å². The van der Waals surface area contributed by atoms with E-state index in [-0.39, 0.29) is 0 Å². The average molecular weight is 246 g/mol. The second-order valence-corrected chi connectivity index (χ2v) is 5.96. The minimum absolute atomic E-state index is 0.465.